The first-order valence-corrected chi connectivity index (χ1v) is 8.03. The van der Waals surface area contributed by atoms with Crippen molar-refractivity contribution in [3.63, 3.8) is 0 Å². The number of rotatable bonds is 4. The zero-order valence-corrected chi connectivity index (χ0v) is 16.2. The third-order valence-corrected chi connectivity index (χ3v) is 3.47. The minimum absolute atomic E-state index is 0. The monoisotopic (exact) mass is 385 g/mol. The SMILES string of the molecule is COc1cc(C[N-]S(C)(=O)=O)cc2c1OC(C)(C)C=C2.[Y]. The fraction of sp³-hybridized carbons (Fsp3) is 0.429. The van der Waals surface area contributed by atoms with Gasteiger partial charge in [0.15, 0.2) is 11.5 Å². The van der Waals surface area contributed by atoms with Crippen LogP contribution in [0.1, 0.15) is 25.0 Å². The summed E-state index contributed by atoms with van der Waals surface area (Å²) in [6.07, 6.45) is 4.98. The minimum atomic E-state index is -3.35. The first-order chi connectivity index (χ1) is 9.20. The molecule has 0 aromatic heterocycles. The quantitative estimate of drug-likeness (QED) is 0.800. The molecule has 1 heterocycles. The Hall–Kier alpha value is -0.426. The summed E-state index contributed by atoms with van der Waals surface area (Å²) in [5, 5.41) is 0. The van der Waals surface area contributed by atoms with Crippen molar-refractivity contribution in [3.8, 4) is 11.5 Å². The van der Waals surface area contributed by atoms with Crippen molar-refractivity contribution in [2.45, 2.75) is 26.0 Å². The van der Waals surface area contributed by atoms with E-state index in [1.807, 2.05) is 32.1 Å². The molecule has 0 bridgehead atoms. The molecular weight excluding hydrogens is 367 g/mol. The second-order valence-corrected chi connectivity index (χ2v) is 7.00. The average molecular weight is 385 g/mol. The van der Waals surface area contributed by atoms with Gasteiger partial charge in [0, 0.05) is 44.5 Å². The number of hydrogen-bond donors (Lipinski definition) is 0. The van der Waals surface area contributed by atoms with Gasteiger partial charge in [-0.2, -0.15) is 0 Å². The van der Waals surface area contributed by atoms with Crippen LogP contribution in [-0.2, 0) is 49.3 Å². The van der Waals surface area contributed by atoms with E-state index in [0.29, 0.717) is 11.5 Å². The minimum Gasteiger partial charge on any atom is -0.545 e. The molecule has 0 N–H and O–H groups in total. The number of hydrogen-bond acceptors (Lipinski definition) is 4. The van der Waals surface area contributed by atoms with Gasteiger partial charge in [-0.15, -0.1) is 6.54 Å². The van der Waals surface area contributed by atoms with Crippen molar-refractivity contribution >= 4 is 16.1 Å². The maximum atomic E-state index is 11.1. The van der Waals surface area contributed by atoms with Gasteiger partial charge in [0.1, 0.15) is 5.60 Å². The third-order valence-electron chi connectivity index (χ3n) is 2.87. The van der Waals surface area contributed by atoms with E-state index < -0.39 is 10.0 Å². The number of methoxy groups -OCH3 is 1. The Balaban J connectivity index is 0.00000220. The molecule has 0 atom stereocenters. The largest absolute Gasteiger partial charge is 0.545 e. The van der Waals surface area contributed by atoms with Crippen molar-refractivity contribution in [1.29, 1.82) is 0 Å². The molecule has 21 heavy (non-hydrogen) atoms. The molecule has 0 aliphatic carbocycles. The molecule has 0 unspecified atom stereocenters. The maximum absolute atomic E-state index is 11.1. The van der Waals surface area contributed by atoms with Gasteiger partial charge in [0.2, 0.25) is 0 Å². The van der Waals surface area contributed by atoms with Crippen LogP contribution in [0, 0.1) is 0 Å². The van der Waals surface area contributed by atoms with Crippen LogP contribution in [0.2, 0.25) is 0 Å². The van der Waals surface area contributed by atoms with E-state index in [2.05, 4.69) is 4.72 Å². The molecule has 1 radical (unpaired) electrons. The van der Waals surface area contributed by atoms with Gasteiger partial charge in [-0.25, -0.2) is 8.42 Å². The Morgan fingerprint density at radius 1 is 1.33 bits per heavy atom. The average Bonchev–Trinajstić information content (AvgIpc) is 2.34. The van der Waals surface area contributed by atoms with Crippen LogP contribution in [-0.4, -0.2) is 27.4 Å². The van der Waals surface area contributed by atoms with Crippen LogP contribution in [0.3, 0.4) is 0 Å². The van der Waals surface area contributed by atoms with Crippen molar-refractivity contribution in [2.75, 3.05) is 13.4 Å². The molecule has 1 aromatic rings. The van der Waals surface area contributed by atoms with Crippen molar-refractivity contribution in [2.24, 2.45) is 0 Å². The molecule has 5 nitrogen and oxygen atoms in total. The first-order valence-electron chi connectivity index (χ1n) is 6.18. The zero-order valence-electron chi connectivity index (χ0n) is 12.6. The van der Waals surface area contributed by atoms with E-state index in [1.165, 1.54) is 0 Å². The van der Waals surface area contributed by atoms with E-state index in [0.717, 1.165) is 17.4 Å². The number of ether oxygens (including phenoxy) is 2. The summed E-state index contributed by atoms with van der Waals surface area (Å²) in [4.78, 5) is 0. The summed E-state index contributed by atoms with van der Waals surface area (Å²) in [7, 11) is -1.79. The smallest absolute Gasteiger partial charge is 0.169 e. The zero-order chi connectivity index (χ0) is 15.0. The van der Waals surface area contributed by atoms with E-state index in [9.17, 15) is 8.42 Å². The summed E-state index contributed by atoms with van der Waals surface area (Å²) in [6.45, 7) is 4.01. The van der Waals surface area contributed by atoms with Gasteiger partial charge >= 0.3 is 0 Å². The Bertz CT molecular complexity index is 653. The second-order valence-electron chi connectivity index (χ2n) is 5.28. The van der Waals surface area contributed by atoms with Crippen LogP contribution < -0.4 is 9.47 Å². The second kappa shape index (κ2) is 6.77. The van der Waals surface area contributed by atoms with Crippen LogP contribution in [0.5, 0.6) is 11.5 Å². The van der Waals surface area contributed by atoms with E-state index in [-0.39, 0.29) is 44.9 Å². The van der Waals surface area contributed by atoms with Gasteiger partial charge in [-0.1, -0.05) is 11.6 Å². The van der Waals surface area contributed by atoms with Crippen molar-refractivity contribution in [3.05, 3.63) is 34.1 Å². The summed E-state index contributed by atoms with van der Waals surface area (Å²) in [5.41, 5.74) is 1.24. The molecular formula is C14H18NO4SY-. The fourth-order valence-corrected chi connectivity index (χ4v) is 2.32. The Labute approximate surface area is 151 Å². The van der Waals surface area contributed by atoms with Crippen molar-refractivity contribution < 1.29 is 50.6 Å². The maximum Gasteiger partial charge on any atom is 0.169 e. The first kappa shape index (κ1) is 18.6. The van der Waals surface area contributed by atoms with E-state index >= 15 is 0 Å². The molecule has 0 spiro atoms. The van der Waals surface area contributed by atoms with Gasteiger partial charge in [0.05, 0.1) is 17.1 Å². The van der Waals surface area contributed by atoms with Crippen LogP contribution in [0.4, 0.5) is 0 Å². The Kier molecular flexibility index (Phi) is 6.01. The molecule has 0 amide bonds. The number of sulfonamides is 1. The van der Waals surface area contributed by atoms with Crippen LogP contribution in [0.15, 0.2) is 18.2 Å². The number of benzene rings is 1. The van der Waals surface area contributed by atoms with Gasteiger partial charge in [-0.3, -0.25) is 0 Å². The van der Waals surface area contributed by atoms with E-state index in [4.69, 9.17) is 9.47 Å². The molecule has 0 saturated heterocycles. The molecule has 2 rings (SSSR count). The van der Waals surface area contributed by atoms with Crippen LogP contribution >= 0.6 is 0 Å². The fourth-order valence-electron chi connectivity index (χ4n) is 1.94. The summed E-state index contributed by atoms with van der Waals surface area (Å²) in [5.74, 6) is 1.25. The predicted octanol–water partition coefficient (Wildman–Crippen LogP) is 2.71. The molecule has 1 aliphatic heterocycles. The summed E-state index contributed by atoms with van der Waals surface area (Å²) >= 11 is 0. The number of nitrogens with zero attached hydrogens (tertiary/aromatic N) is 1. The van der Waals surface area contributed by atoms with Crippen molar-refractivity contribution in [1.82, 2.24) is 0 Å². The van der Waals surface area contributed by atoms with E-state index in [1.54, 1.807) is 13.2 Å². The third kappa shape index (κ3) is 5.06. The predicted molar refractivity (Wildman–Crippen MR) is 78.6 cm³/mol. The Morgan fingerprint density at radius 3 is 2.57 bits per heavy atom. The number of fused-ring (bicyclic) bond motifs is 1. The molecule has 1 aromatic carbocycles. The Morgan fingerprint density at radius 2 is 2.00 bits per heavy atom. The normalized spacial score (nSPS) is 15.6. The van der Waals surface area contributed by atoms with Gasteiger partial charge in [0.25, 0.3) is 0 Å². The molecule has 113 valence electrons. The molecule has 0 saturated carbocycles. The standard InChI is InChI=1S/C14H18NO4S.Y/c1-14(2)6-5-11-7-10(9-15-20(4,16)17)8-12(18-3)13(11)19-14;/h5-8H,9H2,1-4H3;/q-1;. The van der Waals surface area contributed by atoms with Gasteiger partial charge in [-0.05, 0) is 32.1 Å². The topological polar surface area (TPSA) is 66.7 Å². The molecule has 0 fully saturated rings. The van der Waals surface area contributed by atoms with Crippen LogP contribution in [0.25, 0.3) is 10.8 Å². The molecule has 7 heteroatoms. The summed E-state index contributed by atoms with van der Waals surface area (Å²) < 4.78 is 37.0. The summed E-state index contributed by atoms with van der Waals surface area (Å²) in [6, 6.07) is 3.61. The molecule has 1 aliphatic rings. The van der Waals surface area contributed by atoms with Gasteiger partial charge < -0.3 is 14.2 Å².